The highest BCUT2D eigenvalue weighted by atomic mass is 32.1. The molecule has 4 rings (SSSR count). The number of amides is 2. The summed E-state index contributed by atoms with van der Waals surface area (Å²) in [6, 6.07) is 9.12. The van der Waals surface area contributed by atoms with E-state index >= 15 is 0 Å². The predicted octanol–water partition coefficient (Wildman–Crippen LogP) is 1.87. The summed E-state index contributed by atoms with van der Waals surface area (Å²) in [6.45, 7) is 5.80. The van der Waals surface area contributed by atoms with Gasteiger partial charge in [0, 0.05) is 18.5 Å². The fourth-order valence-electron chi connectivity index (χ4n) is 3.49. The maximum Gasteiger partial charge on any atom is 0.410 e. The van der Waals surface area contributed by atoms with Crippen LogP contribution in [-0.4, -0.2) is 69.9 Å². The maximum absolute atomic E-state index is 12.7. The lowest BCUT2D eigenvalue weighted by Crippen LogP contribution is -2.51. The van der Waals surface area contributed by atoms with Gasteiger partial charge < -0.3 is 30.2 Å². The van der Waals surface area contributed by atoms with Gasteiger partial charge in [-0.25, -0.2) is 4.79 Å². The van der Waals surface area contributed by atoms with Crippen molar-refractivity contribution in [3.8, 4) is 0 Å². The monoisotopic (exact) mass is 502 g/mol. The normalized spacial score (nSPS) is 15.2. The lowest BCUT2D eigenvalue weighted by molar-refractivity contribution is -0.126. The Hall–Kier alpha value is -3.06. The van der Waals surface area contributed by atoms with Gasteiger partial charge in [0.2, 0.25) is 10.9 Å². The van der Waals surface area contributed by atoms with Crippen molar-refractivity contribution in [2.75, 3.05) is 32.9 Å². The number of carbonyl (C=O) groups excluding carboxylic acids is 2. The van der Waals surface area contributed by atoms with Crippen LogP contribution in [0.3, 0.4) is 0 Å². The van der Waals surface area contributed by atoms with Crippen molar-refractivity contribution in [2.45, 2.75) is 38.6 Å². The summed E-state index contributed by atoms with van der Waals surface area (Å²) in [5, 5.41) is 13.3. The molecular formula is C23H30N6O5S. The number of nitrogens with two attached hydrogens (primary N) is 1. The molecule has 3 N–H and O–H groups in total. The summed E-state index contributed by atoms with van der Waals surface area (Å²) in [4.78, 5) is 27.4. The van der Waals surface area contributed by atoms with Gasteiger partial charge in [0.1, 0.15) is 12.6 Å². The molecule has 0 radical (unpaired) electrons. The van der Waals surface area contributed by atoms with Crippen molar-refractivity contribution >= 4 is 28.3 Å². The molecular weight excluding hydrogens is 472 g/mol. The van der Waals surface area contributed by atoms with E-state index in [1.54, 1.807) is 23.1 Å². The molecule has 1 atom stereocenters. The van der Waals surface area contributed by atoms with Gasteiger partial charge in [-0.05, 0) is 19.4 Å². The van der Waals surface area contributed by atoms with Crippen LogP contribution >= 0.6 is 11.3 Å². The van der Waals surface area contributed by atoms with Crippen LogP contribution in [0.5, 0.6) is 0 Å². The molecule has 1 fully saturated rings. The number of hydrogen-bond acceptors (Lipinski definition) is 9. The number of morpholine rings is 1. The van der Waals surface area contributed by atoms with Crippen molar-refractivity contribution in [3.05, 3.63) is 52.8 Å². The third-order valence-electron chi connectivity index (χ3n) is 5.46. The van der Waals surface area contributed by atoms with Crippen LogP contribution < -0.4 is 11.1 Å². The smallest absolute Gasteiger partial charge is 0.410 e. The van der Waals surface area contributed by atoms with Crippen LogP contribution in [0.25, 0.3) is 4.96 Å². The van der Waals surface area contributed by atoms with Gasteiger partial charge >= 0.3 is 6.09 Å². The summed E-state index contributed by atoms with van der Waals surface area (Å²) in [5.41, 5.74) is 6.62. The second-order valence-corrected chi connectivity index (χ2v) is 9.64. The lowest BCUT2D eigenvalue weighted by atomic mass is 10.1. The Morgan fingerprint density at radius 2 is 1.94 bits per heavy atom. The lowest BCUT2D eigenvalue weighted by Gasteiger charge is -2.26. The van der Waals surface area contributed by atoms with E-state index in [2.05, 4.69) is 15.5 Å². The Morgan fingerprint density at radius 1 is 1.20 bits per heavy atom. The molecule has 0 unspecified atom stereocenters. The minimum absolute atomic E-state index is 0.0369. The summed E-state index contributed by atoms with van der Waals surface area (Å²) < 4.78 is 18.5. The molecule has 0 aliphatic carbocycles. The third kappa shape index (κ3) is 6.34. The van der Waals surface area contributed by atoms with Gasteiger partial charge in [-0.3, -0.25) is 9.20 Å². The number of rotatable bonds is 9. The van der Waals surface area contributed by atoms with Crippen LogP contribution in [0.2, 0.25) is 0 Å². The second kappa shape index (κ2) is 11.1. The first kappa shape index (κ1) is 25.0. The average molecular weight is 503 g/mol. The fourth-order valence-corrected chi connectivity index (χ4v) is 4.31. The minimum Gasteiger partial charge on any atom is -0.443 e. The van der Waals surface area contributed by atoms with E-state index < -0.39 is 17.7 Å². The highest BCUT2D eigenvalue weighted by Crippen LogP contribution is 2.22. The fraction of sp³-hybridized carbons (Fsp3) is 0.478. The Morgan fingerprint density at radius 3 is 2.66 bits per heavy atom. The molecule has 12 heteroatoms. The molecule has 0 spiro atoms. The molecule has 0 saturated carbocycles. The van der Waals surface area contributed by atoms with Crippen molar-refractivity contribution in [3.63, 3.8) is 0 Å². The summed E-state index contributed by atoms with van der Waals surface area (Å²) in [6.07, 6.45) is -0.400. The number of ether oxygens (including phenoxy) is 3. The summed E-state index contributed by atoms with van der Waals surface area (Å²) in [5.74, 6) is 0.127. The van der Waals surface area contributed by atoms with E-state index in [9.17, 15) is 9.59 Å². The second-order valence-electron chi connectivity index (χ2n) is 8.81. The molecule has 188 valence electrons. The Balaban J connectivity index is 1.51. The maximum atomic E-state index is 12.7. The van der Waals surface area contributed by atoms with Gasteiger partial charge in [-0.2, -0.15) is 0 Å². The van der Waals surface area contributed by atoms with Crippen LogP contribution in [0.4, 0.5) is 4.79 Å². The van der Waals surface area contributed by atoms with Gasteiger partial charge in [-0.15, -0.1) is 21.5 Å². The molecule has 35 heavy (non-hydrogen) atoms. The third-order valence-corrected chi connectivity index (χ3v) is 6.32. The zero-order valence-electron chi connectivity index (χ0n) is 19.8. The number of nitrogens with one attached hydrogen (secondary N) is 1. The first-order valence-corrected chi connectivity index (χ1v) is 12.2. The topological polar surface area (TPSA) is 133 Å². The van der Waals surface area contributed by atoms with E-state index in [1.165, 1.54) is 11.3 Å². The highest BCUT2D eigenvalue weighted by molar-refractivity contribution is 7.15. The highest BCUT2D eigenvalue weighted by Gasteiger charge is 2.29. The standard InChI is InChI=1S/C23H30N6O5S/c1-23(2,24)20(30)25-18(14-33-12-16-6-4-3-5-7-16)19-26-27-21-29(19)17(15-35-21)13-34-22(31)28-8-10-32-11-9-28/h3-7,15,18H,8-14,24H2,1-2H3,(H,25,30)/t18-/m1/s1. The number of nitrogens with zero attached hydrogens (tertiary/aromatic N) is 4. The Bertz CT molecular complexity index is 1140. The SMILES string of the molecule is CC(C)(N)C(=O)N[C@H](COCc1ccccc1)c1nnc2scc(COC(=O)N3CCOCC3)n12. The molecule has 1 aliphatic rings. The van der Waals surface area contributed by atoms with Crippen molar-refractivity contribution in [1.29, 1.82) is 0 Å². The van der Waals surface area contributed by atoms with Gasteiger partial charge in [0.05, 0.1) is 37.7 Å². The van der Waals surface area contributed by atoms with Crippen molar-refractivity contribution < 1.29 is 23.8 Å². The van der Waals surface area contributed by atoms with E-state index in [0.717, 1.165) is 5.56 Å². The number of benzene rings is 1. The first-order chi connectivity index (χ1) is 16.8. The van der Waals surface area contributed by atoms with Crippen LogP contribution in [0.1, 0.15) is 37.0 Å². The van der Waals surface area contributed by atoms with Crippen LogP contribution in [-0.2, 0) is 32.2 Å². The molecule has 1 aliphatic heterocycles. The summed E-state index contributed by atoms with van der Waals surface area (Å²) in [7, 11) is 0. The number of thiazole rings is 1. The van der Waals surface area contributed by atoms with E-state index in [-0.39, 0.29) is 19.1 Å². The van der Waals surface area contributed by atoms with Crippen LogP contribution in [0, 0.1) is 0 Å². The van der Waals surface area contributed by atoms with Gasteiger partial charge in [-0.1, -0.05) is 30.3 Å². The van der Waals surface area contributed by atoms with E-state index in [0.29, 0.717) is 49.4 Å². The zero-order chi connectivity index (χ0) is 24.8. The molecule has 1 saturated heterocycles. The van der Waals surface area contributed by atoms with Crippen LogP contribution in [0.15, 0.2) is 35.7 Å². The molecule has 3 aromatic rings. The zero-order valence-corrected chi connectivity index (χ0v) is 20.6. The average Bonchev–Trinajstić information content (AvgIpc) is 3.45. The predicted molar refractivity (Wildman–Crippen MR) is 129 cm³/mol. The van der Waals surface area contributed by atoms with Gasteiger partial charge in [0.15, 0.2) is 5.82 Å². The number of hydrogen-bond donors (Lipinski definition) is 2. The Kier molecular flexibility index (Phi) is 7.96. The molecule has 11 nitrogen and oxygen atoms in total. The largest absolute Gasteiger partial charge is 0.443 e. The molecule has 2 aromatic heterocycles. The molecule has 1 aromatic carbocycles. The number of aromatic nitrogens is 3. The van der Waals surface area contributed by atoms with Gasteiger partial charge in [0.25, 0.3) is 0 Å². The Labute approximate surface area is 207 Å². The number of fused-ring (bicyclic) bond motifs is 1. The quantitative estimate of drug-likeness (QED) is 0.453. The summed E-state index contributed by atoms with van der Waals surface area (Å²) >= 11 is 1.37. The molecule has 0 bridgehead atoms. The van der Waals surface area contributed by atoms with Crippen molar-refractivity contribution in [2.24, 2.45) is 5.73 Å². The van der Waals surface area contributed by atoms with Crippen molar-refractivity contribution in [1.82, 2.24) is 24.8 Å². The minimum atomic E-state index is -1.09. The first-order valence-electron chi connectivity index (χ1n) is 11.4. The number of carbonyl (C=O) groups is 2. The molecule has 3 heterocycles. The van der Waals surface area contributed by atoms with E-state index in [4.69, 9.17) is 19.9 Å². The van der Waals surface area contributed by atoms with E-state index in [1.807, 2.05) is 35.7 Å². The molecule has 2 amide bonds.